The minimum absolute atomic E-state index is 0.201. The fourth-order valence-electron chi connectivity index (χ4n) is 6.02. The molecule has 2 amide bonds. The highest BCUT2D eigenvalue weighted by atomic mass is 16.5. The van der Waals surface area contributed by atoms with Gasteiger partial charge in [0, 0.05) is 23.6 Å². The summed E-state index contributed by atoms with van der Waals surface area (Å²) in [4.78, 5) is 41.0. The van der Waals surface area contributed by atoms with Gasteiger partial charge in [-0.15, -0.1) is 0 Å². The topological polar surface area (TPSA) is 109 Å². The van der Waals surface area contributed by atoms with E-state index in [-0.39, 0.29) is 12.6 Å². The third-order valence-corrected chi connectivity index (χ3v) is 8.15. The summed E-state index contributed by atoms with van der Waals surface area (Å²) in [6, 6.07) is 17.6. The van der Waals surface area contributed by atoms with Crippen molar-refractivity contribution in [2.24, 2.45) is 5.92 Å². The average molecular weight is 589 g/mol. The molecule has 0 saturated carbocycles. The van der Waals surface area contributed by atoms with Gasteiger partial charge in [0.05, 0.1) is 30.8 Å². The van der Waals surface area contributed by atoms with Crippen LogP contribution in [0.4, 0.5) is 10.5 Å². The molecule has 1 unspecified atom stereocenters. The van der Waals surface area contributed by atoms with Crippen molar-refractivity contribution in [3.05, 3.63) is 88.3 Å². The van der Waals surface area contributed by atoms with Gasteiger partial charge in [-0.3, -0.25) is 0 Å². The molecular weight excluding hydrogens is 544 g/mol. The van der Waals surface area contributed by atoms with Gasteiger partial charge in [0.2, 0.25) is 0 Å². The Morgan fingerprint density at radius 3 is 2.33 bits per heavy atom. The number of dihydropyridines is 1. The predicted molar refractivity (Wildman–Crippen MR) is 167 cm³/mol. The van der Waals surface area contributed by atoms with Crippen molar-refractivity contribution in [3.63, 3.8) is 0 Å². The Hall–Kier alpha value is -4.11. The molecule has 0 spiro atoms. The Bertz CT molecular complexity index is 1350. The maximum Gasteiger partial charge on any atom is 0.336 e. The number of piperidine rings is 1. The molecule has 9 nitrogen and oxygen atoms in total. The Kier molecular flexibility index (Phi) is 11.4. The molecular formula is C34H44N4O5. The van der Waals surface area contributed by atoms with Crippen molar-refractivity contribution >= 4 is 23.7 Å². The predicted octanol–water partition coefficient (Wildman–Crippen LogP) is 5.12. The Balaban J connectivity index is 1.31. The monoisotopic (exact) mass is 588 g/mol. The molecule has 2 aromatic rings. The van der Waals surface area contributed by atoms with Gasteiger partial charge in [-0.25, -0.2) is 14.4 Å². The van der Waals surface area contributed by atoms with Crippen molar-refractivity contribution in [1.82, 2.24) is 15.5 Å². The number of rotatable bonds is 11. The second-order valence-electron chi connectivity index (χ2n) is 11.2. The van der Waals surface area contributed by atoms with Gasteiger partial charge in [0.15, 0.2) is 0 Å². The number of benzene rings is 2. The summed E-state index contributed by atoms with van der Waals surface area (Å²) in [6.45, 7) is 9.19. The molecule has 0 aliphatic carbocycles. The van der Waals surface area contributed by atoms with Crippen LogP contribution in [0, 0.1) is 5.92 Å². The van der Waals surface area contributed by atoms with E-state index >= 15 is 0 Å². The molecule has 3 N–H and O–H groups in total. The molecule has 0 bridgehead atoms. The van der Waals surface area contributed by atoms with Crippen LogP contribution in [0.2, 0.25) is 0 Å². The lowest BCUT2D eigenvalue weighted by Gasteiger charge is -2.32. The zero-order valence-electron chi connectivity index (χ0n) is 25.7. The number of likely N-dealkylation sites (tertiary alicyclic amines) is 1. The molecule has 1 saturated heterocycles. The van der Waals surface area contributed by atoms with E-state index in [0.717, 1.165) is 38.4 Å². The Labute approximate surface area is 254 Å². The smallest absolute Gasteiger partial charge is 0.336 e. The molecule has 43 heavy (non-hydrogen) atoms. The zero-order chi connectivity index (χ0) is 30.8. The minimum Gasteiger partial charge on any atom is -0.466 e. The second-order valence-corrected chi connectivity index (χ2v) is 11.2. The fraction of sp³-hybridized carbons (Fsp3) is 0.441. The van der Waals surface area contributed by atoms with E-state index < -0.39 is 17.9 Å². The molecule has 0 aromatic heterocycles. The first kappa shape index (κ1) is 31.8. The first-order valence-electron chi connectivity index (χ1n) is 15.2. The van der Waals surface area contributed by atoms with Gasteiger partial charge in [-0.05, 0) is 95.3 Å². The number of methoxy groups -OCH3 is 1. The number of nitrogens with zero attached hydrogens (tertiary/aromatic N) is 1. The first-order chi connectivity index (χ1) is 20.8. The number of carbonyl (C=O) groups excluding carboxylic acids is 3. The van der Waals surface area contributed by atoms with Crippen LogP contribution >= 0.6 is 0 Å². The molecule has 4 rings (SSSR count). The molecule has 1 atom stereocenters. The third-order valence-electron chi connectivity index (χ3n) is 8.15. The largest absolute Gasteiger partial charge is 0.466 e. The van der Waals surface area contributed by atoms with Gasteiger partial charge in [0.25, 0.3) is 0 Å². The molecule has 2 aliphatic rings. The number of hydrogen-bond donors (Lipinski definition) is 3. The maximum absolute atomic E-state index is 13.0. The van der Waals surface area contributed by atoms with Gasteiger partial charge in [0.1, 0.15) is 0 Å². The normalized spacial score (nSPS) is 17.7. The van der Waals surface area contributed by atoms with Crippen LogP contribution in [0.25, 0.3) is 0 Å². The van der Waals surface area contributed by atoms with Crippen LogP contribution in [0.1, 0.15) is 57.1 Å². The van der Waals surface area contributed by atoms with Gasteiger partial charge in [-0.2, -0.15) is 0 Å². The number of esters is 2. The maximum atomic E-state index is 13.0. The molecule has 2 aromatic carbocycles. The van der Waals surface area contributed by atoms with Gasteiger partial charge < -0.3 is 30.3 Å². The molecule has 1 fully saturated rings. The van der Waals surface area contributed by atoms with E-state index in [9.17, 15) is 14.4 Å². The van der Waals surface area contributed by atoms with E-state index in [2.05, 4.69) is 51.2 Å². The summed E-state index contributed by atoms with van der Waals surface area (Å²) < 4.78 is 10.4. The minimum atomic E-state index is -0.714. The quantitative estimate of drug-likeness (QED) is 0.247. The highest BCUT2D eigenvalue weighted by Gasteiger charge is 2.37. The van der Waals surface area contributed by atoms with E-state index in [0.29, 0.717) is 40.3 Å². The summed E-state index contributed by atoms with van der Waals surface area (Å²) in [5.74, 6) is -1.03. The number of amides is 2. The fourth-order valence-corrected chi connectivity index (χ4v) is 6.02. The number of ether oxygens (including phenoxy) is 2. The Morgan fingerprint density at radius 1 is 0.953 bits per heavy atom. The third kappa shape index (κ3) is 8.47. The van der Waals surface area contributed by atoms with Crippen molar-refractivity contribution in [3.8, 4) is 0 Å². The first-order valence-corrected chi connectivity index (χ1v) is 15.2. The molecule has 0 radical (unpaired) electrons. The van der Waals surface area contributed by atoms with Crippen molar-refractivity contribution in [1.29, 1.82) is 0 Å². The van der Waals surface area contributed by atoms with Crippen LogP contribution in [0.15, 0.2) is 77.1 Å². The van der Waals surface area contributed by atoms with Crippen molar-refractivity contribution in [2.45, 2.75) is 52.4 Å². The van der Waals surface area contributed by atoms with E-state index in [1.165, 1.54) is 25.5 Å². The number of anilines is 1. The van der Waals surface area contributed by atoms with Crippen LogP contribution < -0.4 is 16.0 Å². The van der Waals surface area contributed by atoms with Crippen LogP contribution in [-0.2, 0) is 25.5 Å². The number of allylic oxidation sites excluding steroid dienone is 2. The lowest BCUT2D eigenvalue weighted by atomic mass is 9.80. The van der Waals surface area contributed by atoms with Gasteiger partial charge in [-0.1, -0.05) is 42.5 Å². The number of nitrogens with one attached hydrogen (secondary N) is 3. The summed E-state index contributed by atoms with van der Waals surface area (Å²) in [6.07, 6.45) is 4.42. The van der Waals surface area contributed by atoms with Crippen LogP contribution in [-0.4, -0.2) is 62.8 Å². The number of urea groups is 1. The molecule has 9 heteroatoms. The molecule has 2 aliphatic heterocycles. The zero-order valence-corrected chi connectivity index (χ0v) is 25.7. The van der Waals surface area contributed by atoms with Crippen LogP contribution in [0.5, 0.6) is 0 Å². The van der Waals surface area contributed by atoms with E-state index in [4.69, 9.17) is 9.47 Å². The summed E-state index contributed by atoms with van der Waals surface area (Å²) >= 11 is 0. The lowest BCUT2D eigenvalue weighted by molar-refractivity contribution is -0.139. The SMILES string of the molecule is CCOC(=O)C1=C(C)NC(C)=C(C(=O)OC)C1c1cccc(NC(=O)NCCCN2CCC(Cc3ccccc3)CC2)c1. The Morgan fingerprint density at radius 2 is 1.65 bits per heavy atom. The van der Waals surface area contributed by atoms with Crippen molar-refractivity contribution < 1.29 is 23.9 Å². The summed E-state index contributed by atoms with van der Waals surface area (Å²) in [7, 11) is 1.31. The van der Waals surface area contributed by atoms with E-state index in [1.807, 2.05) is 6.07 Å². The van der Waals surface area contributed by atoms with Gasteiger partial charge >= 0.3 is 18.0 Å². The average Bonchev–Trinajstić information content (AvgIpc) is 3.00. The standard InChI is InChI=1S/C34H44N4O5/c1-5-43-33(40)30-24(3)36-23(2)29(32(39)42-4)31(30)27-13-9-14-28(22-27)37-34(41)35-17-10-18-38-19-15-26(16-20-38)21-25-11-7-6-8-12-25/h6-9,11-14,22,26,31,36H,5,10,15-21H2,1-4H3,(H2,35,37,41). The van der Waals surface area contributed by atoms with E-state index in [1.54, 1.807) is 39.0 Å². The molecule has 230 valence electrons. The van der Waals surface area contributed by atoms with Crippen LogP contribution in [0.3, 0.4) is 0 Å². The lowest BCUT2D eigenvalue weighted by Crippen LogP contribution is -2.37. The summed E-state index contributed by atoms with van der Waals surface area (Å²) in [5, 5.41) is 8.97. The number of carbonyl (C=O) groups is 3. The summed E-state index contributed by atoms with van der Waals surface area (Å²) in [5.41, 5.74) is 4.48. The highest BCUT2D eigenvalue weighted by molar-refractivity contribution is 6.00. The highest BCUT2D eigenvalue weighted by Crippen LogP contribution is 2.39. The van der Waals surface area contributed by atoms with Crippen molar-refractivity contribution in [2.75, 3.05) is 45.2 Å². The number of hydrogen-bond acceptors (Lipinski definition) is 7. The molecule has 2 heterocycles. The second kappa shape index (κ2) is 15.4.